The molecule has 1 unspecified atom stereocenters. The molecule has 5 heteroatoms. The minimum absolute atomic E-state index is 0.390. The summed E-state index contributed by atoms with van der Waals surface area (Å²) in [4.78, 5) is 6.79. The number of hydrogen-bond donors (Lipinski definition) is 2. The number of nitrogens with two attached hydrogens (primary N) is 1. The molecule has 1 aliphatic heterocycles. The first-order chi connectivity index (χ1) is 8.81. The van der Waals surface area contributed by atoms with Crippen LogP contribution < -0.4 is 11.3 Å². The van der Waals surface area contributed by atoms with Crippen LogP contribution in [0.3, 0.4) is 0 Å². The van der Waals surface area contributed by atoms with Crippen LogP contribution >= 0.6 is 0 Å². The maximum Gasteiger partial charge on any atom is 0.140 e. The fourth-order valence-electron chi connectivity index (χ4n) is 2.26. The van der Waals surface area contributed by atoms with Gasteiger partial charge in [-0.05, 0) is 31.5 Å². The summed E-state index contributed by atoms with van der Waals surface area (Å²) in [6.45, 7) is 5.90. The van der Waals surface area contributed by atoms with Gasteiger partial charge in [-0.1, -0.05) is 13.0 Å². The maximum absolute atomic E-state index is 5.67. The number of hydrogen-bond acceptors (Lipinski definition) is 5. The topological polar surface area (TPSA) is 63.4 Å². The Balaban J connectivity index is 1.91. The molecule has 0 aromatic carbocycles. The van der Waals surface area contributed by atoms with E-state index in [0.29, 0.717) is 11.9 Å². The van der Waals surface area contributed by atoms with Gasteiger partial charge in [0.05, 0.1) is 11.8 Å². The van der Waals surface area contributed by atoms with E-state index in [2.05, 4.69) is 22.2 Å². The summed E-state index contributed by atoms with van der Waals surface area (Å²) in [5.74, 6) is 6.08. The molecular weight excluding hydrogens is 228 g/mol. The van der Waals surface area contributed by atoms with Gasteiger partial charge in [-0.3, -0.25) is 4.90 Å². The SMILES string of the molecule is CCN(Cc1cccc(NN)n1)CC1CCCO1. The number of likely N-dealkylation sites (N-methyl/N-ethyl adjacent to an activating group) is 1. The number of anilines is 1. The van der Waals surface area contributed by atoms with Gasteiger partial charge >= 0.3 is 0 Å². The maximum atomic E-state index is 5.67. The molecule has 0 spiro atoms. The zero-order valence-electron chi connectivity index (χ0n) is 10.9. The van der Waals surface area contributed by atoms with Gasteiger partial charge in [0.25, 0.3) is 0 Å². The summed E-state index contributed by atoms with van der Waals surface area (Å²) >= 11 is 0. The lowest BCUT2D eigenvalue weighted by Crippen LogP contribution is -2.32. The Morgan fingerprint density at radius 1 is 1.56 bits per heavy atom. The number of aromatic nitrogens is 1. The molecule has 1 saturated heterocycles. The summed E-state index contributed by atoms with van der Waals surface area (Å²) in [5, 5.41) is 0. The highest BCUT2D eigenvalue weighted by atomic mass is 16.5. The Labute approximate surface area is 108 Å². The molecule has 1 aromatic heterocycles. The molecule has 1 aliphatic rings. The number of nitrogen functional groups attached to an aromatic ring is 1. The molecule has 3 N–H and O–H groups in total. The number of pyridine rings is 1. The van der Waals surface area contributed by atoms with Crippen LogP contribution in [0.4, 0.5) is 5.82 Å². The van der Waals surface area contributed by atoms with E-state index in [1.54, 1.807) is 0 Å². The van der Waals surface area contributed by atoms with Gasteiger partial charge in [-0.2, -0.15) is 0 Å². The number of hydrazine groups is 1. The van der Waals surface area contributed by atoms with Crippen LogP contribution in [0.2, 0.25) is 0 Å². The first-order valence-corrected chi connectivity index (χ1v) is 6.58. The van der Waals surface area contributed by atoms with E-state index in [-0.39, 0.29) is 0 Å². The molecule has 100 valence electrons. The van der Waals surface area contributed by atoms with Crippen LogP contribution in [0.15, 0.2) is 18.2 Å². The predicted molar refractivity (Wildman–Crippen MR) is 72.0 cm³/mol. The second-order valence-corrected chi connectivity index (χ2v) is 4.62. The smallest absolute Gasteiger partial charge is 0.140 e. The quantitative estimate of drug-likeness (QED) is 0.590. The Morgan fingerprint density at radius 3 is 3.11 bits per heavy atom. The molecule has 5 nitrogen and oxygen atoms in total. The zero-order valence-corrected chi connectivity index (χ0v) is 10.9. The van der Waals surface area contributed by atoms with Crippen molar-refractivity contribution in [1.82, 2.24) is 9.88 Å². The molecule has 1 fully saturated rings. The third kappa shape index (κ3) is 3.66. The van der Waals surface area contributed by atoms with Crippen molar-refractivity contribution in [2.24, 2.45) is 5.84 Å². The van der Waals surface area contributed by atoms with Crippen LogP contribution in [0.25, 0.3) is 0 Å². The van der Waals surface area contributed by atoms with Gasteiger partial charge in [0.2, 0.25) is 0 Å². The normalized spacial score (nSPS) is 19.4. The lowest BCUT2D eigenvalue weighted by molar-refractivity contribution is 0.0721. The number of nitrogens with zero attached hydrogens (tertiary/aromatic N) is 2. The van der Waals surface area contributed by atoms with Crippen molar-refractivity contribution in [2.45, 2.75) is 32.4 Å². The van der Waals surface area contributed by atoms with E-state index in [0.717, 1.165) is 31.9 Å². The lowest BCUT2D eigenvalue weighted by atomic mass is 10.2. The molecule has 18 heavy (non-hydrogen) atoms. The Morgan fingerprint density at radius 2 is 2.44 bits per heavy atom. The average molecular weight is 250 g/mol. The van der Waals surface area contributed by atoms with E-state index >= 15 is 0 Å². The Hall–Kier alpha value is -1.17. The van der Waals surface area contributed by atoms with Crippen LogP contribution in [-0.2, 0) is 11.3 Å². The minimum atomic E-state index is 0.390. The van der Waals surface area contributed by atoms with Gasteiger partial charge < -0.3 is 10.2 Å². The summed E-state index contributed by atoms with van der Waals surface area (Å²) < 4.78 is 5.67. The standard InChI is InChI=1S/C13H22N4O/c1-2-17(10-12-6-4-8-18-12)9-11-5-3-7-13(15-11)16-14/h3,5,7,12H,2,4,6,8-10,14H2,1H3,(H,15,16). The van der Waals surface area contributed by atoms with E-state index in [9.17, 15) is 0 Å². The van der Waals surface area contributed by atoms with Gasteiger partial charge in [-0.25, -0.2) is 10.8 Å². The predicted octanol–water partition coefficient (Wildman–Crippen LogP) is 1.37. The summed E-state index contributed by atoms with van der Waals surface area (Å²) in [6, 6.07) is 5.86. The van der Waals surface area contributed by atoms with E-state index in [1.807, 2.05) is 18.2 Å². The summed E-state index contributed by atoms with van der Waals surface area (Å²) in [5.41, 5.74) is 3.61. The lowest BCUT2D eigenvalue weighted by Gasteiger charge is -2.23. The van der Waals surface area contributed by atoms with Crippen molar-refractivity contribution >= 4 is 5.82 Å². The number of nitrogens with one attached hydrogen (secondary N) is 1. The van der Waals surface area contributed by atoms with E-state index < -0.39 is 0 Å². The van der Waals surface area contributed by atoms with Crippen molar-refractivity contribution in [2.75, 3.05) is 25.1 Å². The first-order valence-electron chi connectivity index (χ1n) is 6.58. The van der Waals surface area contributed by atoms with Crippen molar-refractivity contribution in [3.8, 4) is 0 Å². The molecule has 0 amide bonds. The van der Waals surface area contributed by atoms with Gasteiger partial charge in [-0.15, -0.1) is 0 Å². The molecule has 0 radical (unpaired) electrons. The summed E-state index contributed by atoms with van der Waals surface area (Å²) in [6.07, 6.45) is 2.75. The van der Waals surface area contributed by atoms with E-state index in [4.69, 9.17) is 10.6 Å². The zero-order chi connectivity index (χ0) is 12.8. The number of rotatable bonds is 6. The highest BCUT2D eigenvalue weighted by Crippen LogP contribution is 2.14. The van der Waals surface area contributed by atoms with Crippen molar-refractivity contribution in [3.05, 3.63) is 23.9 Å². The van der Waals surface area contributed by atoms with Crippen LogP contribution in [0.5, 0.6) is 0 Å². The van der Waals surface area contributed by atoms with Gasteiger partial charge in [0.15, 0.2) is 0 Å². The van der Waals surface area contributed by atoms with Crippen LogP contribution in [0, 0.1) is 0 Å². The molecule has 1 aromatic rings. The molecule has 2 rings (SSSR count). The molecule has 1 atom stereocenters. The minimum Gasteiger partial charge on any atom is -0.377 e. The third-order valence-corrected chi connectivity index (χ3v) is 3.27. The molecule has 2 heterocycles. The van der Waals surface area contributed by atoms with Crippen LogP contribution in [0.1, 0.15) is 25.5 Å². The molecule has 0 bridgehead atoms. The van der Waals surface area contributed by atoms with Crippen molar-refractivity contribution in [3.63, 3.8) is 0 Å². The second kappa shape index (κ2) is 6.68. The molecule has 0 saturated carbocycles. The third-order valence-electron chi connectivity index (χ3n) is 3.27. The highest BCUT2D eigenvalue weighted by Gasteiger charge is 2.18. The fourth-order valence-corrected chi connectivity index (χ4v) is 2.26. The van der Waals surface area contributed by atoms with Crippen LogP contribution in [-0.4, -0.2) is 35.7 Å². The summed E-state index contributed by atoms with van der Waals surface area (Å²) in [7, 11) is 0. The molecular formula is C13H22N4O. The van der Waals surface area contributed by atoms with Crippen molar-refractivity contribution in [1.29, 1.82) is 0 Å². The largest absolute Gasteiger partial charge is 0.377 e. The second-order valence-electron chi connectivity index (χ2n) is 4.62. The number of ether oxygens (including phenoxy) is 1. The Kier molecular flexibility index (Phi) is 4.92. The highest BCUT2D eigenvalue weighted by molar-refractivity contribution is 5.33. The first kappa shape index (κ1) is 13.3. The van der Waals surface area contributed by atoms with Gasteiger partial charge in [0.1, 0.15) is 5.82 Å². The monoisotopic (exact) mass is 250 g/mol. The average Bonchev–Trinajstić information content (AvgIpc) is 2.91. The van der Waals surface area contributed by atoms with Gasteiger partial charge in [0, 0.05) is 19.7 Å². The Bertz CT molecular complexity index is 366. The molecule has 0 aliphatic carbocycles. The van der Waals surface area contributed by atoms with E-state index in [1.165, 1.54) is 12.8 Å². The fraction of sp³-hybridized carbons (Fsp3) is 0.615. The van der Waals surface area contributed by atoms with Crippen molar-refractivity contribution < 1.29 is 4.74 Å².